The second-order valence-corrected chi connectivity index (χ2v) is 33.0. The average molecular weight is 1790 g/mol. The van der Waals surface area contributed by atoms with Crippen molar-refractivity contribution < 1.29 is 136 Å². The number of phenolic OH excluding ortho intramolecular Hbond substituents is 1. The van der Waals surface area contributed by atoms with Gasteiger partial charge in [-0.1, -0.05) is 112 Å². The number of ether oxygens (including phenoxy) is 3. The van der Waals surface area contributed by atoms with Crippen LogP contribution in [-0.2, 0) is 101 Å². The summed E-state index contributed by atoms with van der Waals surface area (Å²) in [4.78, 5) is 238. The number of urea groups is 2. The molecule has 1 aromatic heterocycles. The van der Waals surface area contributed by atoms with Crippen molar-refractivity contribution in [1.82, 2.24) is 73.5 Å². The standard InChI is InChI=1S/C78H112N14O28S3/c1-9-15-64(102)119-41-92(72(108)65(43(5)10-2)88-70(107)57-17-12-14-29-91(57)8)58(42(3)4)37-59(120-45(7)93)71-85-55(39-121-71)69(106)81-49(33-46-22-24-50(94)25-23-46)32-44(6)66(103)89-90-78(117)118-30-31-122-123-40-56(75(113)114)84-68(105)54(36-63(100)101)83-67(104)53(35-62(98)99)82-60(95)34-47-18-20-48(21-19-47)38-80-76(115)79-28-13-11-16-51(73(109)110)86-77(116)87-52(74(111)112)26-27-61(96)97/h18-25,39,42-44,49,51-54,56-59,65,94H,9-17,26-38,40-41H2,1-8H3,(H,81,106)(H,82,95)(H,83,104)(H,84,105)(H,88,107)(H,89,103)(H,90,117)(H,96,97)(H,98,99)(H,100,101)(H,109,110)(H,111,112)(H,113,114)(H2,79,80,115)(H2,86,87,116)/t43-,44-,49+,51-,52-,53-,54-,56-,57+,58+,59+,65-/m0/s1. The van der Waals surface area contributed by atoms with Crippen LogP contribution in [0, 0.1) is 17.8 Å². The van der Waals surface area contributed by atoms with Crippen molar-refractivity contribution in [1.29, 1.82) is 0 Å². The molecule has 0 spiro atoms. The van der Waals surface area contributed by atoms with Crippen LogP contribution in [-0.4, -0.2) is 257 Å². The van der Waals surface area contributed by atoms with Crippen molar-refractivity contribution in [3.8, 4) is 5.75 Å². The van der Waals surface area contributed by atoms with E-state index in [9.17, 15) is 112 Å². The number of likely N-dealkylation sites (N-methyl/N-ethyl adjacent to an activating group) is 1. The number of aromatic nitrogens is 1. The molecule has 2 heterocycles. The molecule has 1 aliphatic heterocycles. The van der Waals surface area contributed by atoms with Gasteiger partial charge in [-0.25, -0.2) is 39.2 Å². The van der Waals surface area contributed by atoms with E-state index in [1.165, 1.54) is 60.5 Å². The topological polar surface area (TPSA) is 628 Å². The van der Waals surface area contributed by atoms with Crippen molar-refractivity contribution in [2.24, 2.45) is 17.8 Å². The minimum Gasteiger partial charge on any atom is -0.508 e. The fraction of sp³-hybridized carbons (Fsp3) is 0.577. The maximum Gasteiger partial charge on any atom is 0.426 e. The Morgan fingerprint density at radius 3 is 1.83 bits per heavy atom. The number of esters is 2. The van der Waals surface area contributed by atoms with E-state index in [-0.39, 0.29) is 110 Å². The van der Waals surface area contributed by atoms with Crippen LogP contribution in [0.1, 0.15) is 183 Å². The van der Waals surface area contributed by atoms with Crippen molar-refractivity contribution in [2.45, 2.75) is 225 Å². The Morgan fingerprint density at radius 2 is 1.24 bits per heavy atom. The Kier molecular flexibility index (Phi) is 45.6. The zero-order valence-electron chi connectivity index (χ0n) is 69.4. The SMILES string of the molecule is CCCC(=O)OCN(C(=O)[C@@H](NC(=O)[C@H]1CCCCN1C)[C@@H](C)CC)[C@H](C[C@@H](OC(C)=O)c1nc(C(=O)N[C@@H](Cc2ccc(O)cc2)C[C@H](C)C(=O)NNC(=O)OCCSSC[C@H](NC(=O)[C@H](CC(=O)O)NC(=O)[C@H](CC(=O)O)NC(=O)Cc2ccc(CNC(=O)NCCCC[C@H](NC(=O)N[C@@H](CCC(=O)O)C(=O)O)C(=O)O)cc2)C(=O)O)cs1)C(C)C. The monoisotopic (exact) mass is 1790 g/mol. The minimum absolute atomic E-state index is 0.00261. The van der Waals surface area contributed by atoms with Gasteiger partial charge in [0, 0.05) is 74.2 Å². The Bertz CT molecular complexity index is 4110. The van der Waals surface area contributed by atoms with Crippen LogP contribution >= 0.6 is 32.9 Å². The Balaban J connectivity index is 1.29. The number of benzene rings is 2. The number of carboxylic acids is 6. The third-order valence-corrected chi connectivity index (χ3v) is 22.6. The molecule has 2 aromatic carbocycles. The van der Waals surface area contributed by atoms with Crippen LogP contribution in [0.5, 0.6) is 5.75 Å². The Hall–Kier alpha value is -11.6. The minimum atomic E-state index is -2.00. The van der Waals surface area contributed by atoms with Crippen molar-refractivity contribution in [2.75, 3.05) is 45.0 Å². The van der Waals surface area contributed by atoms with Gasteiger partial charge in [-0.05, 0) is 112 Å². The number of carboxylic acid groups (broad SMARTS) is 6. The number of nitrogens with zero attached hydrogens (tertiary/aromatic N) is 3. The summed E-state index contributed by atoms with van der Waals surface area (Å²) in [6.07, 6.45) is -2.14. The molecule has 0 radical (unpaired) electrons. The Labute approximate surface area is 720 Å². The number of carbonyl (C=O) groups excluding carboxylic acids is 12. The van der Waals surface area contributed by atoms with Crippen molar-refractivity contribution in [3.63, 3.8) is 0 Å². The zero-order chi connectivity index (χ0) is 91.6. The van der Waals surface area contributed by atoms with Crippen LogP contribution in [0.15, 0.2) is 53.9 Å². The van der Waals surface area contributed by atoms with Crippen molar-refractivity contribution in [3.05, 3.63) is 81.3 Å². The third-order valence-electron chi connectivity index (χ3n) is 19.3. The third kappa shape index (κ3) is 39.0. The van der Waals surface area contributed by atoms with Crippen LogP contribution in [0.25, 0.3) is 0 Å². The molecule has 45 heteroatoms. The van der Waals surface area contributed by atoms with E-state index >= 15 is 4.79 Å². The summed E-state index contributed by atoms with van der Waals surface area (Å²) >= 11 is 1.000. The van der Waals surface area contributed by atoms with Gasteiger partial charge in [0.1, 0.15) is 59.3 Å². The van der Waals surface area contributed by atoms with E-state index in [0.29, 0.717) is 42.5 Å². The predicted octanol–water partition coefficient (Wildman–Crippen LogP) is 3.29. The molecular formula is C78H112N14O28S3. The molecule has 42 nitrogen and oxygen atoms in total. The van der Waals surface area contributed by atoms with Gasteiger partial charge >= 0.3 is 65.9 Å². The van der Waals surface area contributed by atoms with Gasteiger partial charge < -0.3 is 103 Å². The van der Waals surface area contributed by atoms with E-state index in [2.05, 4.69) is 58.4 Å². The number of amides is 12. The number of thiazole rings is 1. The van der Waals surface area contributed by atoms with Crippen LogP contribution in [0.4, 0.5) is 14.4 Å². The van der Waals surface area contributed by atoms with Gasteiger partial charge in [-0.2, -0.15) is 0 Å². The fourth-order valence-corrected chi connectivity index (χ4v) is 15.3. The molecule has 4 rings (SSSR count). The van der Waals surface area contributed by atoms with Gasteiger partial charge in [-0.3, -0.25) is 67.9 Å². The number of rotatable bonds is 54. The Morgan fingerprint density at radius 1 is 0.634 bits per heavy atom. The molecule has 12 atom stereocenters. The van der Waals surface area contributed by atoms with Gasteiger partial charge in [0.15, 0.2) is 12.8 Å². The number of hydrogen-bond donors (Lipinski definition) is 18. The molecule has 12 amide bonds. The summed E-state index contributed by atoms with van der Waals surface area (Å²) < 4.78 is 16.7. The maximum atomic E-state index is 15.0. The molecule has 1 fully saturated rings. The second-order valence-electron chi connectivity index (χ2n) is 29.5. The summed E-state index contributed by atoms with van der Waals surface area (Å²) in [7, 11) is 3.70. The number of carbonyl (C=O) groups is 18. The zero-order valence-corrected chi connectivity index (χ0v) is 71.9. The average Bonchev–Trinajstić information content (AvgIpc) is 1.60. The number of aromatic hydroxyl groups is 1. The predicted molar refractivity (Wildman–Crippen MR) is 442 cm³/mol. The lowest BCUT2D eigenvalue weighted by Crippen LogP contribution is -2.59. The molecule has 0 saturated carbocycles. The lowest BCUT2D eigenvalue weighted by molar-refractivity contribution is -0.161. The number of nitrogens with one attached hydrogen (secondary N) is 11. The highest BCUT2D eigenvalue weighted by molar-refractivity contribution is 8.76. The summed E-state index contributed by atoms with van der Waals surface area (Å²) in [5.41, 5.74) is 5.82. The molecule has 0 unspecified atom stereocenters. The van der Waals surface area contributed by atoms with E-state index in [1.54, 1.807) is 19.1 Å². The smallest absolute Gasteiger partial charge is 0.426 e. The number of hydrazine groups is 1. The highest BCUT2D eigenvalue weighted by Gasteiger charge is 2.41. The number of piperidine rings is 1. The maximum absolute atomic E-state index is 15.0. The first kappa shape index (κ1) is 104. The first-order valence-electron chi connectivity index (χ1n) is 39.7. The number of unbranched alkanes of at least 4 members (excludes halogenated alkanes) is 1. The summed E-state index contributed by atoms with van der Waals surface area (Å²) in [6.45, 7) is 11.9. The van der Waals surface area contributed by atoms with Crippen LogP contribution in [0.2, 0.25) is 0 Å². The first-order chi connectivity index (χ1) is 58.2. The van der Waals surface area contributed by atoms with E-state index < -0.39 is 207 Å². The molecule has 0 aliphatic carbocycles. The molecule has 0 bridgehead atoms. The van der Waals surface area contributed by atoms with E-state index in [1.807, 2.05) is 45.0 Å². The fourth-order valence-electron chi connectivity index (χ4n) is 12.4. The summed E-state index contributed by atoms with van der Waals surface area (Å²) in [5.74, 6) is -18.2. The van der Waals surface area contributed by atoms with E-state index in [0.717, 1.165) is 45.8 Å². The number of likely N-dealkylation sites (tertiary alicyclic amines) is 1. The van der Waals surface area contributed by atoms with Gasteiger partial charge in [-0.15, -0.1) is 11.3 Å². The molecule has 1 aliphatic rings. The molecule has 123 heavy (non-hydrogen) atoms. The van der Waals surface area contributed by atoms with Crippen molar-refractivity contribution >= 4 is 140 Å². The quantitative estimate of drug-likeness (QED) is 0.00962. The second kappa shape index (κ2) is 54.0. The lowest BCUT2D eigenvalue weighted by Gasteiger charge is -2.39. The molecular weight excluding hydrogens is 1680 g/mol. The summed E-state index contributed by atoms with van der Waals surface area (Å²) in [5, 5.41) is 90.2. The van der Waals surface area contributed by atoms with E-state index in [4.69, 9.17) is 19.3 Å². The molecule has 18 N–H and O–H groups in total. The van der Waals surface area contributed by atoms with Gasteiger partial charge in [0.05, 0.1) is 25.3 Å². The number of aliphatic carboxylic acids is 6. The van der Waals surface area contributed by atoms with Gasteiger partial charge in [0.2, 0.25) is 35.4 Å². The summed E-state index contributed by atoms with van der Waals surface area (Å²) in [6, 6.07) is -1.38. The highest BCUT2D eigenvalue weighted by atomic mass is 33.1. The number of phenols is 1. The molecule has 1 saturated heterocycles. The molecule has 680 valence electrons. The largest absolute Gasteiger partial charge is 0.508 e. The first-order valence-corrected chi connectivity index (χ1v) is 43.1. The number of hydrogen-bond acceptors (Lipinski definition) is 27. The van der Waals surface area contributed by atoms with Gasteiger partial charge in [0.25, 0.3) is 5.91 Å². The molecule has 3 aromatic rings. The lowest BCUT2D eigenvalue weighted by atomic mass is 9.92. The normalized spacial score (nSPS) is 15.2. The van der Waals surface area contributed by atoms with Crippen LogP contribution < -0.4 is 58.7 Å². The van der Waals surface area contributed by atoms with Crippen LogP contribution in [0.3, 0.4) is 0 Å². The highest BCUT2D eigenvalue weighted by Crippen LogP contribution is 2.33.